The zero-order chi connectivity index (χ0) is 19.6. The van der Waals surface area contributed by atoms with Gasteiger partial charge in [0.25, 0.3) is 0 Å². The van der Waals surface area contributed by atoms with E-state index in [0.717, 1.165) is 22.6 Å². The predicted molar refractivity (Wildman–Crippen MR) is 105 cm³/mol. The van der Waals surface area contributed by atoms with Crippen LogP contribution in [-0.4, -0.2) is 51.4 Å². The summed E-state index contributed by atoms with van der Waals surface area (Å²) in [5.41, 5.74) is 2.48. The molecule has 1 aliphatic carbocycles. The van der Waals surface area contributed by atoms with Gasteiger partial charge in [0.15, 0.2) is 0 Å². The highest BCUT2D eigenvalue weighted by atomic mass is 32.1. The minimum absolute atomic E-state index is 0.260. The molecule has 6 heteroatoms. The number of thiophene rings is 1. The Morgan fingerprint density at radius 2 is 1.70 bits per heavy atom. The second kappa shape index (κ2) is 8.71. The van der Waals surface area contributed by atoms with Crippen LogP contribution in [0.1, 0.15) is 34.2 Å². The molecule has 2 aromatic rings. The fourth-order valence-corrected chi connectivity index (χ4v) is 4.58. The third-order valence-electron chi connectivity index (χ3n) is 5.30. The molecule has 0 bridgehead atoms. The molecule has 0 spiro atoms. The van der Waals surface area contributed by atoms with Gasteiger partial charge in [-0.3, -0.25) is 0 Å². The van der Waals surface area contributed by atoms with Gasteiger partial charge >= 0.3 is 0 Å². The summed E-state index contributed by atoms with van der Waals surface area (Å²) >= 11 is 1.65. The minimum atomic E-state index is -1.33. The van der Waals surface area contributed by atoms with E-state index in [9.17, 15) is 20.4 Å². The highest BCUT2D eigenvalue weighted by Gasteiger charge is 2.43. The Hall–Kier alpha value is -1.44. The van der Waals surface area contributed by atoms with Crippen LogP contribution in [0.4, 0.5) is 0 Å². The largest absolute Gasteiger partial charge is 0.486 e. The van der Waals surface area contributed by atoms with E-state index in [1.54, 1.807) is 11.3 Å². The molecule has 4 N–H and O–H groups in total. The van der Waals surface area contributed by atoms with Crippen molar-refractivity contribution in [1.29, 1.82) is 0 Å². The van der Waals surface area contributed by atoms with Gasteiger partial charge in [0, 0.05) is 23.8 Å². The zero-order valence-electron chi connectivity index (χ0n) is 15.7. The third-order valence-corrected chi connectivity index (χ3v) is 6.33. The first-order valence-electron chi connectivity index (χ1n) is 9.41. The first-order valence-corrected chi connectivity index (χ1v) is 10.2. The van der Waals surface area contributed by atoms with Crippen molar-refractivity contribution in [2.24, 2.45) is 5.92 Å². The van der Waals surface area contributed by atoms with E-state index in [4.69, 9.17) is 4.74 Å². The van der Waals surface area contributed by atoms with Crippen molar-refractivity contribution in [2.45, 2.75) is 57.5 Å². The Morgan fingerprint density at radius 3 is 2.33 bits per heavy atom. The molecule has 1 fully saturated rings. The van der Waals surface area contributed by atoms with Crippen LogP contribution in [0.25, 0.3) is 0 Å². The summed E-state index contributed by atoms with van der Waals surface area (Å²) in [5, 5.41) is 39.8. The smallest absolute Gasteiger partial charge is 0.134 e. The molecule has 0 unspecified atom stereocenters. The standard InChI is InChI=1S/C21H28O5S/c1-3-13-4-6-14(7-5-13)9-18-16(8-12(2)27-18)26-17-10-15(11-22)19(23)21(25)20(17)24/h4-8,15,17,19-25H,3,9-11H2,1-2H3/t15-,17-,19-,20+,21+/m1/s1. The summed E-state index contributed by atoms with van der Waals surface area (Å²) in [6.45, 7) is 3.88. The van der Waals surface area contributed by atoms with Crippen LogP contribution in [0.5, 0.6) is 5.75 Å². The number of aryl methyl sites for hydroxylation is 2. The number of rotatable bonds is 6. The summed E-state index contributed by atoms with van der Waals surface area (Å²) in [5.74, 6) is 0.180. The fraction of sp³-hybridized carbons (Fsp3) is 0.524. The minimum Gasteiger partial charge on any atom is -0.486 e. The van der Waals surface area contributed by atoms with Gasteiger partial charge in [-0.2, -0.15) is 0 Å². The van der Waals surface area contributed by atoms with Crippen molar-refractivity contribution in [3.8, 4) is 5.75 Å². The van der Waals surface area contributed by atoms with Gasteiger partial charge in [0.1, 0.15) is 24.1 Å². The molecule has 0 amide bonds. The lowest BCUT2D eigenvalue weighted by molar-refractivity contribution is -0.157. The molecule has 0 aliphatic heterocycles. The average molecular weight is 393 g/mol. The highest BCUT2D eigenvalue weighted by Crippen LogP contribution is 2.35. The first-order chi connectivity index (χ1) is 12.9. The molecule has 1 aromatic heterocycles. The normalized spacial score (nSPS) is 28.3. The summed E-state index contributed by atoms with van der Waals surface area (Å²) < 4.78 is 6.07. The van der Waals surface area contributed by atoms with Gasteiger partial charge in [-0.15, -0.1) is 11.3 Å². The van der Waals surface area contributed by atoms with Crippen molar-refractivity contribution >= 4 is 11.3 Å². The van der Waals surface area contributed by atoms with E-state index in [0.29, 0.717) is 5.75 Å². The number of ether oxygens (including phenoxy) is 1. The SMILES string of the molecule is CCc1ccc(Cc2sc(C)cc2O[C@@H]2C[C@H](CO)[C@@H](O)[C@H](O)[C@H]2O)cc1. The number of hydrogen-bond donors (Lipinski definition) is 4. The third kappa shape index (κ3) is 4.52. The Morgan fingerprint density at radius 1 is 1.04 bits per heavy atom. The Kier molecular flexibility index (Phi) is 6.55. The summed E-state index contributed by atoms with van der Waals surface area (Å²) in [4.78, 5) is 2.17. The van der Waals surface area contributed by atoms with Gasteiger partial charge in [-0.05, 0) is 37.0 Å². The first kappa shape index (κ1) is 20.3. The molecule has 1 aromatic carbocycles. The Labute approximate surface area is 163 Å². The van der Waals surface area contributed by atoms with E-state index in [2.05, 4.69) is 31.2 Å². The van der Waals surface area contributed by atoms with Crippen LogP contribution >= 0.6 is 11.3 Å². The second-order valence-electron chi connectivity index (χ2n) is 7.30. The van der Waals surface area contributed by atoms with Crippen LogP contribution in [-0.2, 0) is 12.8 Å². The van der Waals surface area contributed by atoms with E-state index < -0.39 is 30.3 Å². The molecular formula is C21H28O5S. The lowest BCUT2D eigenvalue weighted by Gasteiger charge is -2.39. The molecule has 148 valence electrons. The molecular weight excluding hydrogens is 364 g/mol. The van der Waals surface area contributed by atoms with Gasteiger partial charge in [0.2, 0.25) is 0 Å². The Bertz CT molecular complexity index is 740. The zero-order valence-corrected chi connectivity index (χ0v) is 16.5. The molecule has 1 heterocycles. The maximum absolute atomic E-state index is 10.3. The van der Waals surface area contributed by atoms with E-state index in [-0.39, 0.29) is 13.0 Å². The second-order valence-corrected chi connectivity index (χ2v) is 8.64. The predicted octanol–water partition coefficient (Wildman–Crippen LogP) is 2.05. The number of hydrogen-bond acceptors (Lipinski definition) is 6. The highest BCUT2D eigenvalue weighted by molar-refractivity contribution is 7.12. The van der Waals surface area contributed by atoms with Crippen molar-refractivity contribution in [3.05, 3.63) is 51.2 Å². The van der Waals surface area contributed by atoms with Crippen LogP contribution in [0.15, 0.2) is 30.3 Å². The lowest BCUT2D eigenvalue weighted by atomic mass is 9.81. The summed E-state index contributed by atoms with van der Waals surface area (Å²) in [7, 11) is 0. The van der Waals surface area contributed by atoms with Gasteiger partial charge in [0.05, 0.1) is 11.0 Å². The molecule has 0 radical (unpaired) electrons. The van der Waals surface area contributed by atoms with Gasteiger partial charge in [-0.25, -0.2) is 0 Å². The number of aliphatic hydroxyl groups excluding tert-OH is 4. The molecule has 1 saturated carbocycles. The summed E-state index contributed by atoms with van der Waals surface area (Å²) in [6, 6.07) is 10.4. The molecule has 3 rings (SSSR count). The fourth-order valence-electron chi connectivity index (χ4n) is 3.58. The van der Waals surface area contributed by atoms with E-state index >= 15 is 0 Å². The van der Waals surface area contributed by atoms with Crippen molar-refractivity contribution in [1.82, 2.24) is 0 Å². The van der Waals surface area contributed by atoms with Crippen molar-refractivity contribution in [2.75, 3.05) is 6.61 Å². The quantitative estimate of drug-likeness (QED) is 0.604. The lowest BCUT2D eigenvalue weighted by Crippen LogP contribution is -2.56. The topological polar surface area (TPSA) is 90.2 Å². The number of benzene rings is 1. The maximum Gasteiger partial charge on any atom is 0.134 e. The monoisotopic (exact) mass is 392 g/mol. The van der Waals surface area contributed by atoms with E-state index in [1.807, 2.05) is 13.0 Å². The van der Waals surface area contributed by atoms with E-state index in [1.165, 1.54) is 11.1 Å². The van der Waals surface area contributed by atoms with Gasteiger partial charge in [-0.1, -0.05) is 31.2 Å². The van der Waals surface area contributed by atoms with Crippen molar-refractivity contribution < 1.29 is 25.2 Å². The summed E-state index contributed by atoms with van der Waals surface area (Å²) in [6.07, 6.45) is -2.32. The van der Waals surface area contributed by atoms with Crippen LogP contribution in [0.2, 0.25) is 0 Å². The molecule has 5 nitrogen and oxygen atoms in total. The van der Waals surface area contributed by atoms with Crippen molar-refractivity contribution in [3.63, 3.8) is 0 Å². The average Bonchev–Trinajstić information content (AvgIpc) is 3.01. The molecule has 0 saturated heterocycles. The maximum atomic E-state index is 10.3. The van der Waals surface area contributed by atoms with Crippen LogP contribution < -0.4 is 4.74 Å². The molecule has 5 atom stereocenters. The van der Waals surface area contributed by atoms with Gasteiger partial charge < -0.3 is 25.2 Å². The van der Waals surface area contributed by atoms with Crippen LogP contribution in [0.3, 0.4) is 0 Å². The number of aliphatic hydroxyl groups is 4. The molecule has 1 aliphatic rings. The molecule has 27 heavy (non-hydrogen) atoms. The van der Waals surface area contributed by atoms with Crippen LogP contribution in [0, 0.1) is 12.8 Å². The Balaban J connectivity index is 1.77.